The van der Waals surface area contributed by atoms with E-state index in [0.717, 1.165) is 18.5 Å². The van der Waals surface area contributed by atoms with Crippen molar-refractivity contribution in [3.63, 3.8) is 0 Å². The van der Waals surface area contributed by atoms with Crippen LogP contribution in [0.25, 0.3) is 0 Å². The van der Waals surface area contributed by atoms with Crippen molar-refractivity contribution in [1.29, 1.82) is 0 Å². The number of aromatic nitrogens is 2. The number of carboxylic acids is 1. The summed E-state index contributed by atoms with van der Waals surface area (Å²) in [7, 11) is 0. The van der Waals surface area contributed by atoms with Gasteiger partial charge in [0.2, 0.25) is 0 Å². The van der Waals surface area contributed by atoms with E-state index in [-0.39, 0.29) is 11.8 Å². The van der Waals surface area contributed by atoms with Crippen LogP contribution in [0.1, 0.15) is 62.1 Å². The van der Waals surface area contributed by atoms with Crippen LogP contribution in [0.4, 0.5) is 0 Å². The van der Waals surface area contributed by atoms with Crippen LogP contribution in [-0.4, -0.2) is 44.3 Å². The molecule has 1 aliphatic rings. The Labute approximate surface area is 124 Å². The molecule has 0 aliphatic carbocycles. The van der Waals surface area contributed by atoms with E-state index >= 15 is 0 Å². The molecule has 2 rings (SSSR count). The molecular formula is C15H23N3O3. The first-order chi connectivity index (χ1) is 9.95. The normalized spacial score (nSPS) is 19.0. The molecule has 1 fully saturated rings. The maximum Gasteiger partial charge on any atom is 0.326 e. The first-order valence-electron chi connectivity index (χ1n) is 7.57. The van der Waals surface area contributed by atoms with Gasteiger partial charge in [-0.05, 0) is 38.2 Å². The lowest BCUT2D eigenvalue weighted by Crippen LogP contribution is -2.48. The number of likely N-dealkylation sites (tertiary alicyclic amines) is 1. The standard InChI is InChI=1S/C15H23N3O3/c1-4-18-13(9-11(16-18)10(2)3)14(19)17-8-6-5-7-12(17)15(20)21/h9-10,12H,4-8H2,1-3H3,(H,20,21). The van der Waals surface area contributed by atoms with Crippen molar-refractivity contribution in [2.45, 2.75) is 58.5 Å². The molecule has 1 amide bonds. The Morgan fingerprint density at radius 3 is 2.71 bits per heavy atom. The summed E-state index contributed by atoms with van der Waals surface area (Å²) in [5.74, 6) is -0.904. The second-order valence-corrected chi connectivity index (χ2v) is 5.77. The van der Waals surface area contributed by atoms with E-state index in [1.165, 1.54) is 4.90 Å². The van der Waals surface area contributed by atoms with Crippen molar-refractivity contribution < 1.29 is 14.7 Å². The molecule has 0 spiro atoms. The molecule has 1 unspecified atom stereocenters. The minimum atomic E-state index is -0.922. The maximum atomic E-state index is 12.7. The third-order valence-corrected chi connectivity index (χ3v) is 3.96. The summed E-state index contributed by atoms with van der Waals surface area (Å²) in [6, 6.07) is 1.08. The largest absolute Gasteiger partial charge is 0.480 e. The van der Waals surface area contributed by atoms with Crippen LogP contribution >= 0.6 is 0 Å². The van der Waals surface area contributed by atoms with Gasteiger partial charge in [-0.15, -0.1) is 0 Å². The summed E-state index contributed by atoms with van der Waals surface area (Å²) in [5.41, 5.74) is 1.36. The van der Waals surface area contributed by atoms with Gasteiger partial charge in [-0.25, -0.2) is 4.79 Å². The van der Waals surface area contributed by atoms with Crippen LogP contribution in [0, 0.1) is 0 Å². The van der Waals surface area contributed by atoms with Gasteiger partial charge in [0, 0.05) is 13.1 Å². The Morgan fingerprint density at radius 2 is 2.14 bits per heavy atom. The van der Waals surface area contributed by atoms with Crippen molar-refractivity contribution in [3.05, 3.63) is 17.5 Å². The number of rotatable bonds is 4. The van der Waals surface area contributed by atoms with Crippen LogP contribution in [-0.2, 0) is 11.3 Å². The molecule has 0 radical (unpaired) electrons. The lowest BCUT2D eigenvalue weighted by Gasteiger charge is -2.32. The van der Waals surface area contributed by atoms with E-state index in [1.807, 2.05) is 20.8 Å². The number of piperidine rings is 1. The molecule has 21 heavy (non-hydrogen) atoms. The fraction of sp³-hybridized carbons (Fsp3) is 0.667. The van der Waals surface area contributed by atoms with Crippen LogP contribution in [0.5, 0.6) is 0 Å². The quantitative estimate of drug-likeness (QED) is 0.922. The predicted octanol–water partition coefficient (Wildman–Crippen LogP) is 2.11. The molecular weight excluding hydrogens is 270 g/mol. The number of carboxylic acid groups (broad SMARTS) is 1. The van der Waals surface area contributed by atoms with Crippen molar-refractivity contribution in [3.8, 4) is 0 Å². The number of hydrogen-bond donors (Lipinski definition) is 1. The summed E-state index contributed by atoms with van der Waals surface area (Å²) in [6.45, 7) is 7.08. The van der Waals surface area contributed by atoms with E-state index in [9.17, 15) is 14.7 Å². The van der Waals surface area contributed by atoms with Gasteiger partial charge < -0.3 is 10.0 Å². The van der Waals surface area contributed by atoms with Crippen LogP contribution in [0.15, 0.2) is 6.07 Å². The molecule has 1 aromatic heterocycles. The van der Waals surface area contributed by atoms with E-state index in [1.54, 1.807) is 10.7 Å². The molecule has 2 heterocycles. The number of amides is 1. The first kappa shape index (κ1) is 15.5. The molecule has 1 N–H and O–H groups in total. The molecule has 0 saturated carbocycles. The molecule has 0 bridgehead atoms. The Bertz CT molecular complexity index is 536. The van der Waals surface area contributed by atoms with Gasteiger partial charge in [-0.1, -0.05) is 13.8 Å². The highest BCUT2D eigenvalue weighted by Gasteiger charge is 2.34. The van der Waals surface area contributed by atoms with Gasteiger partial charge in [0.25, 0.3) is 5.91 Å². The van der Waals surface area contributed by atoms with Gasteiger partial charge in [0.15, 0.2) is 0 Å². The zero-order valence-corrected chi connectivity index (χ0v) is 12.9. The Hall–Kier alpha value is -1.85. The second kappa shape index (κ2) is 6.28. The minimum absolute atomic E-state index is 0.219. The fourth-order valence-electron chi connectivity index (χ4n) is 2.71. The van der Waals surface area contributed by atoms with Crippen molar-refractivity contribution >= 4 is 11.9 Å². The summed E-state index contributed by atoms with van der Waals surface area (Å²) in [4.78, 5) is 25.6. The Balaban J connectivity index is 2.31. The zero-order chi connectivity index (χ0) is 15.6. The summed E-state index contributed by atoms with van der Waals surface area (Å²) < 4.78 is 1.67. The lowest BCUT2D eigenvalue weighted by molar-refractivity contribution is -0.143. The number of hydrogen-bond acceptors (Lipinski definition) is 3. The van der Waals surface area contributed by atoms with Gasteiger partial charge in [-0.3, -0.25) is 9.48 Å². The van der Waals surface area contributed by atoms with E-state index in [4.69, 9.17) is 0 Å². The summed E-state index contributed by atoms with van der Waals surface area (Å²) >= 11 is 0. The van der Waals surface area contributed by atoms with Crippen molar-refractivity contribution in [2.75, 3.05) is 6.54 Å². The molecule has 116 valence electrons. The second-order valence-electron chi connectivity index (χ2n) is 5.77. The number of carbonyl (C=O) groups excluding carboxylic acids is 1. The molecule has 6 heteroatoms. The Morgan fingerprint density at radius 1 is 1.43 bits per heavy atom. The van der Waals surface area contributed by atoms with E-state index in [2.05, 4.69) is 5.10 Å². The highest BCUT2D eigenvalue weighted by molar-refractivity contribution is 5.95. The molecule has 1 aromatic rings. The van der Waals surface area contributed by atoms with Crippen LogP contribution in [0.3, 0.4) is 0 Å². The van der Waals surface area contributed by atoms with Crippen LogP contribution in [0.2, 0.25) is 0 Å². The third-order valence-electron chi connectivity index (χ3n) is 3.96. The third kappa shape index (κ3) is 3.09. The highest BCUT2D eigenvalue weighted by atomic mass is 16.4. The smallest absolute Gasteiger partial charge is 0.326 e. The summed E-state index contributed by atoms with van der Waals surface area (Å²) in [5, 5.41) is 13.7. The molecule has 1 saturated heterocycles. The average molecular weight is 293 g/mol. The number of nitrogens with zero attached hydrogens (tertiary/aromatic N) is 3. The maximum absolute atomic E-state index is 12.7. The van der Waals surface area contributed by atoms with Gasteiger partial charge >= 0.3 is 5.97 Å². The van der Waals surface area contributed by atoms with Crippen molar-refractivity contribution in [1.82, 2.24) is 14.7 Å². The zero-order valence-electron chi connectivity index (χ0n) is 12.9. The van der Waals surface area contributed by atoms with Gasteiger partial charge in [-0.2, -0.15) is 5.10 Å². The molecule has 1 aliphatic heterocycles. The van der Waals surface area contributed by atoms with Crippen LogP contribution < -0.4 is 0 Å². The SMILES string of the molecule is CCn1nc(C(C)C)cc1C(=O)N1CCCCC1C(=O)O. The average Bonchev–Trinajstić information content (AvgIpc) is 2.90. The van der Waals surface area contributed by atoms with Gasteiger partial charge in [0.1, 0.15) is 11.7 Å². The molecule has 1 atom stereocenters. The Kier molecular flexibility index (Phi) is 4.65. The lowest BCUT2D eigenvalue weighted by atomic mass is 10.0. The van der Waals surface area contributed by atoms with Gasteiger partial charge in [0.05, 0.1) is 5.69 Å². The van der Waals surface area contributed by atoms with Crippen molar-refractivity contribution in [2.24, 2.45) is 0 Å². The molecule has 0 aromatic carbocycles. The van der Waals surface area contributed by atoms with E-state index < -0.39 is 12.0 Å². The topological polar surface area (TPSA) is 75.4 Å². The minimum Gasteiger partial charge on any atom is -0.480 e. The molecule has 6 nitrogen and oxygen atoms in total. The monoisotopic (exact) mass is 293 g/mol. The fourth-order valence-corrected chi connectivity index (χ4v) is 2.71. The first-order valence-corrected chi connectivity index (χ1v) is 7.57. The number of aliphatic carboxylic acids is 1. The summed E-state index contributed by atoms with van der Waals surface area (Å²) in [6.07, 6.45) is 2.23. The number of aryl methyl sites for hydroxylation is 1. The van der Waals surface area contributed by atoms with E-state index in [0.29, 0.717) is 25.2 Å². The highest BCUT2D eigenvalue weighted by Crippen LogP contribution is 2.22. The number of carbonyl (C=O) groups is 2. The predicted molar refractivity (Wildman–Crippen MR) is 78.3 cm³/mol.